The molecule has 0 bridgehead atoms. The fourth-order valence-corrected chi connectivity index (χ4v) is 4.65. The number of hydrogen-bond acceptors (Lipinski definition) is 7. The van der Waals surface area contributed by atoms with Crippen LogP contribution in [0.4, 0.5) is 0 Å². The molecule has 0 aliphatic carbocycles. The molecule has 1 aliphatic rings. The maximum atomic E-state index is 12.8. The van der Waals surface area contributed by atoms with Gasteiger partial charge in [-0.25, -0.2) is 9.59 Å². The Balaban J connectivity index is 0.987. The van der Waals surface area contributed by atoms with Crippen LogP contribution in [0.2, 0.25) is 0 Å². The van der Waals surface area contributed by atoms with Crippen molar-refractivity contribution < 1.29 is 28.2 Å². The summed E-state index contributed by atoms with van der Waals surface area (Å²) >= 11 is 0. The highest BCUT2D eigenvalue weighted by molar-refractivity contribution is 5.96. The van der Waals surface area contributed by atoms with E-state index in [1.807, 2.05) is 30.3 Å². The maximum absolute atomic E-state index is 12.8. The smallest absolute Gasteiger partial charge is 0.338 e. The molecule has 6 rings (SSSR count). The van der Waals surface area contributed by atoms with Crippen molar-refractivity contribution in [1.82, 2.24) is 0 Å². The van der Waals surface area contributed by atoms with E-state index >= 15 is 0 Å². The van der Waals surface area contributed by atoms with Crippen molar-refractivity contribution >= 4 is 33.9 Å². The molecule has 0 amide bonds. The Bertz CT molecular complexity index is 1780. The summed E-state index contributed by atoms with van der Waals surface area (Å²) in [5, 5.41) is 0.784. The highest BCUT2D eigenvalue weighted by Crippen LogP contribution is 2.36. The highest BCUT2D eigenvalue weighted by Gasteiger charge is 2.19. The van der Waals surface area contributed by atoms with Crippen molar-refractivity contribution in [3.63, 3.8) is 0 Å². The molecule has 0 fully saturated rings. The zero-order valence-corrected chi connectivity index (χ0v) is 21.0. The second-order valence-electron chi connectivity index (χ2n) is 9.33. The summed E-state index contributed by atoms with van der Waals surface area (Å²) in [5.74, 6) is 0.643. The minimum atomic E-state index is -0.528. The average Bonchev–Trinajstić information content (AvgIpc) is 2.97. The third-order valence-electron chi connectivity index (χ3n) is 6.69. The van der Waals surface area contributed by atoms with Crippen LogP contribution in [0.3, 0.4) is 0 Å². The Kier molecular flexibility index (Phi) is 6.55. The predicted octanol–water partition coefficient (Wildman–Crippen LogP) is 6.44. The first kappa shape index (κ1) is 24.4. The molecule has 0 N–H and O–H groups in total. The molecule has 5 aromatic rings. The largest absolute Gasteiger partial charge is 0.462 e. The third-order valence-corrected chi connectivity index (χ3v) is 6.69. The first-order valence-corrected chi connectivity index (χ1v) is 12.8. The van der Waals surface area contributed by atoms with Crippen molar-refractivity contribution in [3.8, 4) is 11.5 Å². The molecule has 0 saturated heterocycles. The van der Waals surface area contributed by atoms with Gasteiger partial charge in [0.15, 0.2) is 0 Å². The molecule has 39 heavy (non-hydrogen) atoms. The number of esters is 2. The second kappa shape index (κ2) is 10.5. The summed E-state index contributed by atoms with van der Waals surface area (Å²) in [6.07, 6.45) is 1.75. The molecule has 0 spiro atoms. The van der Waals surface area contributed by atoms with Crippen LogP contribution in [0.15, 0.2) is 94.1 Å². The molecule has 1 aromatic heterocycles. The van der Waals surface area contributed by atoms with Gasteiger partial charge in [-0.2, -0.15) is 0 Å². The number of carbonyl (C=O) groups excluding carboxylic acids is 2. The number of hydrogen-bond donors (Lipinski definition) is 0. The summed E-state index contributed by atoms with van der Waals surface area (Å²) in [4.78, 5) is 37.9. The van der Waals surface area contributed by atoms with E-state index in [0.717, 1.165) is 22.6 Å². The van der Waals surface area contributed by atoms with Gasteiger partial charge in [-0.3, -0.25) is 4.79 Å². The van der Waals surface area contributed by atoms with E-state index in [1.54, 1.807) is 48.5 Å². The van der Waals surface area contributed by atoms with Gasteiger partial charge >= 0.3 is 11.9 Å². The lowest BCUT2D eigenvalue weighted by molar-refractivity contribution is 0.0432. The average molecular weight is 521 g/mol. The first-order chi connectivity index (χ1) is 19.1. The monoisotopic (exact) mass is 520 g/mol. The molecule has 0 atom stereocenters. The number of para-hydroxylation sites is 2. The Morgan fingerprint density at radius 1 is 0.667 bits per heavy atom. The van der Waals surface area contributed by atoms with Crippen LogP contribution >= 0.6 is 0 Å². The Morgan fingerprint density at radius 2 is 1.31 bits per heavy atom. The van der Waals surface area contributed by atoms with E-state index in [0.29, 0.717) is 46.8 Å². The fraction of sp³-hybridized carbons (Fsp3) is 0.156. The molecule has 1 aliphatic heterocycles. The molecular formula is C32H24O7. The number of carbonyl (C=O) groups is 2. The van der Waals surface area contributed by atoms with Crippen LogP contribution in [0.5, 0.6) is 11.5 Å². The Morgan fingerprint density at radius 3 is 2.13 bits per heavy atom. The summed E-state index contributed by atoms with van der Waals surface area (Å²) in [6, 6.07) is 24.8. The minimum Gasteiger partial charge on any atom is -0.462 e. The van der Waals surface area contributed by atoms with Crippen molar-refractivity contribution in [2.45, 2.75) is 19.3 Å². The topological polar surface area (TPSA) is 92.0 Å². The van der Waals surface area contributed by atoms with Gasteiger partial charge in [-0.05, 0) is 73.0 Å². The lowest BCUT2D eigenvalue weighted by Crippen LogP contribution is -2.11. The van der Waals surface area contributed by atoms with Gasteiger partial charge in [0.05, 0.1) is 35.1 Å². The summed E-state index contributed by atoms with van der Waals surface area (Å²) in [5.41, 5.74) is 3.47. The molecular weight excluding hydrogens is 496 g/mol. The zero-order chi connectivity index (χ0) is 26.8. The normalized spacial score (nSPS) is 11.9. The van der Waals surface area contributed by atoms with Crippen LogP contribution < -0.4 is 10.2 Å². The van der Waals surface area contributed by atoms with Gasteiger partial charge in [0.25, 0.3) is 0 Å². The SMILES string of the molecule is O=C(OCCCCOC(=O)c1ccc2oc3ccccc3c(=O)c2c1)c1ccc2c(c1)Cc1ccccc1O2. The van der Waals surface area contributed by atoms with Gasteiger partial charge in [0, 0.05) is 12.0 Å². The van der Waals surface area contributed by atoms with E-state index in [1.165, 1.54) is 6.07 Å². The van der Waals surface area contributed by atoms with Crippen LogP contribution in [0, 0.1) is 0 Å². The number of fused-ring (bicyclic) bond motifs is 4. The highest BCUT2D eigenvalue weighted by atomic mass is 16.5. The molecule has 0 radical (unpaired) electrons. The van der Waals surface area contributed by atoms with Crippen molar-refractivity contribution in [2.24, 2.45) is 0 Å². The quantitative estimate of drug-likeness (QED) is 0.136. The molecule has 7 heteroatoms. The van der Waals surface area contributed by atoms with E-state index in [-0.39, 0.29) is 24.2 Å². The van der Waals surface area contributed by atoms with Gasteiger partial charge < -0.3 is 18.6 Å². The van der Waals surface area contributed by atoms with Crippen LogP contribution in [0.25, 0.3) is 21.9 Å². The lowest BCUT2D eigenvalue weighted by atomic mass is 9.98. The summed E-state index contributed by atoms with van der Waals surface area (Å²) in [7, 11) is 0. The van der Waals surface area contributed by atoms with Gasteiger partial charge in [-0.1, -0.05) is 30.3 Å². The van der Waals surface area contributed by atoms with Crippen LogP contribution in [0.1, 0.15) is 44.7 Å². The molecule has 0 unspecified atom stereocenters. The number of rotatable bonds is 7. The Labute approximate surface area is 223 Å². The standard InChI is InChI=1S/C32H24O7/c33-30-24-8-2-4-10-28(24)39-29-14-12-22(19-25(29)30)32(35)37-16-6-5-15-36-31(34)21-11-13-27-23(18-21)17-20-7-1-3-9-26(20)38-27/h1-4,7-14,18-19H,5-6,15-17H2. The lowest BCUT2D eigenvalue weighted by Gasteiger charge is -2.20. The van der Waals surface area contributed by atoms with Crippen LogP contribution in [-0.2, 0) is 15.9 Å². The van der Waals surface area contributed by atoms with Gasteiger partial charge in [0.2, 0.25) is 5.43 Å². The zero-order valence-electron chi connectivity index (χ0n) is 21.0. The predicted molar refractivity (Wildman–Crippen MR) is 146 cm³/mol. The third kappa shape index (κ3) is 4.99. The number of ether oxygens (including phenoxy) is 3. The molecule has 194 valence electrons. The summed E-state index contributed by atoms with van der Waals surface area (Å²) in [6.45, 7) is 0.368. The Hall–Kier alpha value is -4.91. The van der Waals surface area contributed by atoms with E-state index < -0.39 is 11.9 Å². The van der Waals surface area contributed by atoms with Gasteiger partial charge in [0.1, 0.15) is 22.7 Å². The number of unbranched alkanes of at least 4 members (excludes halogenated alkanes) is 1. The van der Waals surface area contributed by atoms with Gasteiger partial charge in [-0.15, -0.1) is 0 Å². The molecule has 7 nitrogen and oxygen atoms in total. The first-order valence-electron chi connectivity index (χ1n) is 12.8. The van der Waals surface area contributed by atoms with E-state index in [2.05, 4.69) is 0 Å². The van der Waals surface area contributed by atoms with E-state index in [9.17, 15) is 14.4 Å². The molecule has 0 saturated carbocycles. The molecule has 2 heterocycles. The maximum Gasteiger partial charge on any atom is 0.338 e. The fourth-order valence-electron chi connectivity index (χ4n) is 4.65. The van der Waals surface area contributed by atoms with Crippen LogP contribution in [-0.4, -0.2) is 25.2 Å². The second-order valence-corrected chi connectivity index (χ2v) is 9.33. The van der Waals surface area contributed by atoms with Crippen molar-refractivity contribution in [1.29, 1.82) is 0 Å². The molecule has 4 aromatic carbocycles. The minimum absolute atomic E-state index is 0.163. The number of benzene rings is 4. The summed E-state index contributed by atoms with van der Waals surface area (Å²) < 4.78 is 22.5. The van der Waals surface area contributed by atoms with Crippen molar-refractivity contribution in [2.75, 3.05) is 13.2 Å². The van der Waals surface area contributed by atoms with Crippen molar-refractivity contribution in [3.05, 3.63) is 117 Å². The van der Waals surface area contributed by atoms with E-state index in [4.69, 9.17) is 18.6 Å².